The van der Waals surface area contributed by atoms with Crippen molar-refractivity contribution in [2.24, 2.45) is 5.73 Å². The van der Waals surface area contributed by atoms with Crippen LogP contribution in [0.15, 0.2) is 28.9 Å². The minimum Gasteiger partial charge on any atom is -0.469 e. The molecule has 0 aliphatic carbocycles. The number of amides is 1. The molecule has 106 valence electrons. The Morgan fingerprint density at radius 3 is 2.70 bits per heavy atom. The number of nitrogens with zero attached hydrogens (tertiary/aromatic N) is 1. The number of carbonyl (C=O) groups is 1. The van der Waals surface area contributed by atoms with E-state index in [0.717, 1.165) is 11.3 Å². The summed E-state index contributed by atoms with van der Waals surface area (Å²) in [5, 5.41) is 0.391. The molecule has 20 heavy (non-hydrogen) atoms. The fraction of sp³-hybridized carbons (Fsp3) is 0.214. The number of nitrogen functional groups attached to an aromatic ring is 1. The van der Waals surface area contributed by atoms with Crippen LogP contribution in [0.25, 0.3) is 0 Å². The Hall–Kier alpha value is -2.14. The monoisotopic (exact) mass is 293 g/mol. The van der Waals surface area contributed by atoms with Gasteiger partial charge in [0.15, 0.2) is 0 Å². The number of anilines is 2. The molecule has 0 fully saturated rings. The van der Waals surface area contributed by atoms with Crippen LogP contribution < -0.4 is 16.4 Å². The maximum Gasteiger partial charge on any atom is 0.250 e. The average molecular weight is 294 g/mol. The van der Waals surface area contributed by atoms with E-state index in [1.165, 1.54) is 6.07 Å². The van der Waals surface area contributed by atoms with Crippen LogP contribution in [-0.2, 0) is 6.54 Å². The molecule has 0 unspecified atom stereocenters. The van der Waals surface area contributed by atoms with E-state index >= 15 is 0 Å². The zero-order valence-corrected chi connectivity index (χ0v) is 12.1. The molecule has 4 N–H and O–H groups in total. The Balaban J connectivity index is 2.41. The van der Waals surface area contributed by atoms with Gasteiger partial charge in [-0.15, -0.1) is 0 Å². The predicted molar refractivity (Wildman–Crippen MR) is 79.9 cm³/mol. The van der Waals surface area contributed by atoms with E-state index in [2.05, 4.69) is 0 Å². The lowest BCUT2D eigenvalue weighted by Gasteiger charge is -2.23. The van der Waals surface area contributed by atoms with E-state index in [4.69, 9.17) is 27.5 Å². The van der Waals surface area contributed by atoms with Crippen LogP contribution in [0.4, 0.5) is 11.4 Å². The van der Waals surface area contributed by atoms with Gasteiger partial charge < -0.3 is 20.8 Å². The molecule has 0 atom stereocenters. The van der Waals surface area contributed by atoms with Gasteiger partial charge in [0.25, 0.3) is 5.91 Å². The molecule has 2 aromatic rings. The second-order valence-electron chi connectivity index (χ2n) is 4.62. The normalized spacial score (nSPS) is 10.6. The highest BCUT2D eigenvalue weighted by Crippen LogP contribution is 2.32. The Kier molecular flexibility index (Phi) is 3.90. The molecule has 1 aromatic heterocycles. The van der Waals surface area contributed by atoms with Crippen LogP contribution in [0.3, 0.4) is 0 Å². The summed E-state index contributed by atoms with van der Waals surface area (Å²) >= 11 is 6.20. The summed E-state index contributed by atoms with van der Waals surface area (Å²) in [7, 11) is 1.83. The summed E-state index contributed by atoms with van der Waals surface area (Å²) in [6, 6.07) is 5.01. The maximum absolute atomic E-state index is 11.6. The zero-order chi connectivity index (χ0) is 14.9. The summed E-state index contributed by atoms with van der Waals surface area (Å²) in [5.74, 6) is 0.258. The lowest BCUT2D eigenvalue weighted by molar-refractivity contribution is 0.100. The van der Waals surface area contributed by atoms with Gasteiger partial charge in [-0.1, -0.05) is 11.6 Å². The van der Waals surface area contributed by atoms with Crippen molar-refractivity contribution in [1.29, 1.82) is 0 Å². The van der Waals surface area contributed by atoms with Crippen LogP contribution in [0, 0.1) is 6.92 Å². The van der Waals surface area contributed by atoms with E-state index in [1.54, 1.807) is 12.3 Å². The average Bonchev–Trinajstić information content (AvgIpc) is 2.73. The molecule has 0 saturated carbocycles. The second-order valence-corrected chi connectivity index (χ2v) is 5.03. The summed E-state index contributed by atoms with van der Waals surface area (Å²) < 4.78 is 5.26. The van der Waals surface area contributed by atoms with E-state index in [0.29, 0.717) is 28.5 Å². The first kappa shape index (κ1) is 14.3. The molecule has 0 spiro atoms. The number of benzene rings is 1. The molecule has 6 heteroatoms. The fourth-order valence-corrected chi connectivity index (χ4v) is 2.48. The van der Waals surface area contributed by atoms with Crippen LogP contribution in [0.1, 0.15) is 21.7 Å². The largest absolute Gasteiger partial charge is 0.469 e. The standard InChI is InChI=1S/C14H16ClN3O2/c1-8-9(3-4-20-8)7-18(2)13-11(14(17)19)5-10(16)6-12(13)15/h3-6H,7,16H2,1-2H3,(H2,17,19). The third-order valence-corrected chi connectivity index (χ3v) is 3.39. The zero-order valence-electron chi connectivity index (χ0n) is 11.3. The highest BCUT2D eigenvalue weighted by atomic mass is 35.5. The fourth-order valence-electron chi connectivity index (χ4n) is 2.11. The van der Waals surface area contributed by atoms with Crippen LogP contribution >= 0.6 is 11.6 Å². The molecular weight excluding hydrogens is 278 g/mol. The highest BCUT2D eigenvalue weighted by molar-refractivity contribution is 6.34. The summed E-state index contributed by atoms with van der Waals surface area (Å²) in [6.45, 7) is 2.43. The number of carbonyl (C=O) groups excluding carboxylic acids is 1. The minimum absolute atomic E-state index is 0.304. The molecule has 1 amide bonds. The minimum atomic E-state index is -0.565. The number of furan rings is 1. The van der Waals surface area contributed by atoms with Gasteiger partial charge in [0, 0.05) is 24.8 Å². The molecule has 1 heterocycles. The van der Waals surface area contributed by atoms with Crippen molar-refractivity contribution in [2.45, 2.75) is 13.5 Å². The molecule has 0 bridgehead atoms. The van der Waals surface area contributed by atoms with Crippen LogP contribution in [-0.4, -0.2) is 13.0 Å². The Morgan fingerprint density at radius 2 is 2.15 bits per heavy atom. The van der Waals surface area contributed by atoms with Crippen molar-refractivity contribution in [3.8, 4) is 0 Å². The van der Waals surface area contributed by atoms with E-state index in [9.17, 15) is 4.79 Å². The van der Waals surface area contributed by atoms with Crippen molar-refractivity contribution >= 4 is 28.9 Å². The van der Waals surface area contributed by atoms with Gasteiger partial charge >= 0.3 is 0 Å². The first-order chi connectivity index (χ1) is 9.40. The maximum atomic E-state index is 11.6. The van der Waals surface area contributed by atoms with Crippen LogP contribution in [0.2, 0.25) is 5.02 Å². The van der Waals surface area contributed by atoms with Crippen LogP contribution in [0.5, 0.6) is 0 Å². The van der Waals surface area contributed by atoms with Crippen molar-refractivity contribution < 1.29 is 9.21 Å². The SMILES string of the molecule is Cc1occc1CN(C)c1c(Cl)cc(N)cc1C(N)=O. The number of nitrogens with two attached hydrogens (primary N) is 2. The van der Waals surface area contributed by atoms with Crippen molar-refractivity contribution in [3.05, 3.63) is 46.4 Å². The van der Waals surface area contributed by atoms with E-state index in [-0.39, 0.29) is 0 Å². The molecule has 0 radical (unpaired) electrons. The third-order valence-electron chi connectivity index (χ3n) is 3.11. The third kappa shape index (κ3) is 2.72. The van der Waals surface area contributed by atoms with Crippen molar-refractivity contribution in [2.75, 3.05) is 17.7 Å². The Bertz CT molecular complexity index is 652. The molecule has 1 aromatic carbocycles. The van der Waals surface area contributed by atoms with Gasteiger partial charge in [0.1, 0.15) is 5.76 Å². The summed E-state index contributed by atoms with van der Waals surface area (Å²) in [5.41, 5.74) is 13.4. The molecule has 0 aliphatic heterocycles. The molecule has 0 aliphatic rings. The predicted octanol–water partition coefficient (Wildman–Crippen LogP) is 2.56. The smallest absolute Gasteiger partial charge is 0.250 e. The molecule has 5 nitrogen and oxygen atoms in total. The number of hydrogen-bond donors (Lipinski definition) is 2. The molecule has 2 rings (SSSR count). The first-order valence-electron chi connectivity index (χ1n) is 6.03. The topological polar surface area (TPSA) is 85.5 Å². The summed E-state index contributed by atoms with van der Waals surface area (Å²) in [4.78, 5) is 13.4. The number of hydrogen-bond acceptors (Lipinski definition) is 4. The van der Waals surface area contributed by atoms with Gasteiger partial charge in [0.2, 0.25) is 0 Å². The lowest BCUT2D eigenvalue weighted by Crippen LogP contribution is -2.22. The number of primary amides is 1. The van der Waals surface area contributed by atoms with E-state index in [1.807, 2.05) is 24.9 Å². The van der Waals surface area contributed by atoms with Gasteiger partial charge in [-0.3, -0.25) is 4.79 Å². The van der Waals surface area contributed by atoms with Gasteiger partial charge in [-0.25, -0.2) is 0 Å². The molecular formula is C14H16ClN3O2. The van der Waals surface area contributed by atoms with Gasteiger partial charge in [-0.2, -0.15) is 0 Å². The highest BCUT2D eigenvalue weighted by Gasteiger charge is 2.18. The number of aryl methyl sites for hydroxylation is 1. The Labute approximate surface area is 122 Å². The quantitative estimate of drug-likeness (QED) is 0.848. The Morgan fingerprint density at radius 1 is 1.45 bits per heavy atom. The van der Waals surface area contributed by atoms with Crippen molar-refractivity contribution in [3.63, 3.8) is 0 Å². The second kappa shape index (κ2) is 5.46. The number of halogens is 1. The van der Waals surface area contributed by atoms with E-state index < -0.39 is 5.91 Å². The van der Waals surface area contributed by atoms with Gasteiger partial charge in [0.05, 0.1) is 22.5 Å². The lowest BCUT2D eigenvalue weighted by atomic mass is 10.1. The molecule has 0 saturated heterocycles. The van der Waals surface area contributed by atoms with Gasteiger partial charge in [-0.05, 0) is 25.1 Å². The summed E-state index contributed by atoms with van der Waals surface area (Å²) in [6.07, 6.45) is 1.62. The number of rotatable bonds is 4. The van der Waals surface area contributed by atoms with Crippen molar-refractivity contribution in [1.82, 2.24) is 0 Å². The first-order valence-corrected chi connectivity index (χ1v) is 6.41.